The molecule has 1 aromatic rings. The zero-order valence-corrected chi connectivity index (χ0v) is 13.9. The van der Waals surface area contributed by atoms with Crippen molar-refractivity contribution < 1.29 is 8.42 Å². The average Bonchev–Trinajstić information content (AvgIpc) is 2.38. The van der Waals surface area contributed by atoms with Crippen molar-refractivity contribution in [2.45, 2.75) is 19.3 Å². The molecule has 0 spiro atoms. The topological polar surface area (TPSA) is 66.6 Å². The standard InChI is InChI=1S/C15H25N3O2S/c1-15(2,13-4-6-14(16)7-5-13)12-17-8-10-18(11-9-17)21(3,19)20/h4-7H,8-12,16H2,1-3H3. The lowest BCUT2D eigenvalue weighted by molar-refractivity contribution is 0.161. The zero-order chi connectivity index (χ0) is 15.7. The van der Waals surface area contributed by atoms with E-state index in [9.17, 15) is 8.42 Å². The second kappa shape index (κ2) is 5.94. The van der Waals surface area contributed by atoms with E-state index in [1.807, 2.05) is 12.1 Å². The fourth-order valence-corrected chi connectivity index (χ4v) is 3.63. The summed E-state index contributed by atoms with van der Waals surface area (Å²) in [4.78, 5) is 2.33. The Bertz CT molecular complexity index is 573. The molecule has 1 saturated heterocycles. The summed E-state index contributed by atoms with van der Waals surface area (Å²) in [6.45, 7) is 8.06. The molecule has 2 rings (SSSR count). The van der Waals surface area contributed by atoms with E-state index in [1.54, 1.807) is 4.31 Å². The molecule has 1 aliphatic heterocycles. The molecule has 1 aromatic carbocycles. The van der Waals surface area contributed by atoms with E-state index in [1.165, 1.54) is 11.8 Å². The van der Waals surface area contributed by atoms with Crippen LogP contribution in [0.5, 0.6) is 0 Å². The largest absolute Gasteiger partial charge is 0.399 e. The molecule has 1 heterocycles. The van der Waals surface area contributed by atoms with Gasteiger partial charge < -0.3 is 5.73 Å². The molecule has 0 aromatic heterocycles. The lowest BCUT2D eigenvalue weighted by atomic mass is 9.84. The van der Waals surface area contributed by atoms with Gasteiger partial charge in [-0.05, 0) is 17.7 Å². The minimum absolute atomic E-state index is 0.0148. The fourth-order valence-electron chi connectivity index (χ4n) is 2.80. The van der Waals surface area contributed by atoms with E-state index in [4.69, 9.17) is 5.73 Å². The molecule has 21 heavy (non-hydrogen) atoms. The van der Waals surface area contributed by atoms with Crippen molar-refractivity contribution in [1.29, 1.82) is 0 Å². The molecule has 5 nitrogen and oxygen atoms in total. The van der Waals surface area contributed by atoms with Crippen molar-refractivity contribution in [3.8, 4) is 0 Å². The van der Waals surface area contributed by atoms with E-state index in [0.29, 0.717) is 13.1 Å². The Balaban J connectivity index is 1.97. The molecular formula is C15H25N3O2S. The molecule has 0 unspecified atom stereocenters. The highest BCUT2D eigenvalue weighted by Crippen LogP contribution is 2.25. The van der Waals surface area contributed by atoms with Gasteiger partial charge in [0.25, 0.3) is 0 Å². The highest BCUT2D eigenvalue weighted by atomic mass is 32.2. The van der Waals surface area contributed by atoms with Crippen molar-refractivity contribution in [3.05, 3.63) is 29.8 Å². The van der Waals surface area contributed by atoms with Gasteiger partial charge in [-0.1, -0.05) is 26.0 Å². The van der Waals surface area contributed by atoms with Gasteiger partial charge in [0.1, 0.15) is 0 Å². The van der Waals surface area contributed by atoms with Crippen molar-refractivity contribution >= 4 is 15.7 Å². The molecule has 0 bridgehead atoms. The van der Waals surface area contributed by atoms with Gasteiger partial charge in [-0.2, -0.15) is 4.31 Å². The quantitative estimate of drug-likeness (QED) is 0.846. The zero-order valence-electron chi connectivity index (χ0n) is 13.0. The average molecular weight is 311 g/mol. The first kappa shape index (κ1) is 16.3. The van der Waals surface area contributed by atoms with Crippen LogP contribution in [0.3, 0.4) is 0 Å². The number of hydrogen-bond donors (Lipinski definition) is 1. The van der Waals surface area contributed by atoms with Crippen LogP contribution in [-0.4, -0.2) is 56.6 Å². The van der Waals surface area contributed by atoms with Gasteiger partial charge in [-0.25, -0.2) is 8.42 Å². The van der Waals surface area contributed by atoms with Crippen LogP contribution in [0.15, 0.2) is 24.3 Å². The SMILES string of the molecule is CC(C)(CN1CCN(S(C)(=O)=O)CC1)c1ccc(N)cc1. The second-order valence-electron chi connectivity index (χ2n) is 6.44. The van der Waals surface area contributed by atoms with E-state index in [-0.39, 0.29) is 5.41 Å². The molecule has 1 fully saturated rings. The molecule has 0 aliphatic carbocycles. The molecule has 6 heteroatoms. The van der Waals surface area contributed by atoms with Crippen LogP contribution in [0.2, 0.25) is 0 Å². The molecule has 1 aliphatic rings. The maximum Gasteiger partial charge on any atom is 0.211 e. The monoisotopic (exact) mass is 311 g/mol. The van der Waals surface area contributed by atoms with Gasteiger partial charge in [0, 0.05) is 43.8 Å². The number of rotatable bonds is 4. The normalized spacial score (nSPS) is 18.8. The minimum Gasteiger partial charge on any atom is -0.399 e. The number of benzene rings is 1. The molecule has 0 saturated carbocycles. The first-order valence-electron chi connectivity index (χ1n) is 7.22. The van der Waals surface area contributed by atoms with Gasteiger partial charge in [0.05, 0.1) is 6.26 Å². The van der Waals surface area contributed by atoms with Gasteiger partial charge in [-0.15, -0.1) is 0 Å². The van der Waals surface area contributed by atoms with Gasteiger partial charge in [0.2, 0.25) is 10.0 Å². The summed E-state index contributed by atoms with van der Waals surface area (Å²) in [5, 5.41) is 0. The number of nitrogens with two attached hydrogens (primary N) is 1. The predicted molar refractivity (Wildman–Crippen MR) is 86.7 cm³/mol. The van der Waals surface area contributed by atoms with Crippen molar-refractivity contribution in [2.24, 2.45) is 0 Å². The van der Waals surface area contributed by atoms with Crippen LogP contribution in [0, 0.1) is 0 Å². The third kappa shape index (κ3) is 4.18. The molecule has 118 valence electrons. The first-order valence-corrected chi connectivity index (χ1v) is 9.07. The van der Waals surface area contributed by atoms with Gasteiger partial charge in [0.15, 0.2) is 0 Å². The Hall–Kier alpha value is -1.11. The Morgan fingerprint density at radius 1 is 1.10 bits per heavy atom. The highest BCUT2D eigenvalue weighted by Gasteiger charge is 2.28. The predicted octanol–water partition coefficient (Wildman–Crippen LogP) is 1.12. The molecular weight excluding hydrogens is 286 g/mol. The minimum atomic E-state index is -3.06. The van der Waals surface area contributed by atoms with Gasteiger partial charge >= 0.3 is 0 Å². The fraction of sp³-hybridized carbons (Fsp3) is 0.600. The molecule has 0 amide bonds. The Morgan fingerprint density at radius 2 is 1.62 bits per heavy atom. The molecule has 0 atom stereocenters. The van der Waals surface area contributed by atoms with Crippen LogP contribution in [-0.2, 0) is 15.4 Å². The van der Waals surface area contributed by atoms with Crippen LogP contribution in [0.1, 0.15) is 19.4 Å². The van der Waals surface area contributed by atoms with E-state index < -0.39 is 10.0 Å². The number of nitrogens with zero attached hydrogens (tertiary/aromatic N) is 2. The Labute approximate surface area is 127 Å². The molecule has 0 radical (unpaired) electrons. The van der Waals surface area contributed by atoms with E-state index in [0.717, 1.165) is 25.3 Å². The van der Waals surface area contributed by atoms with Gasteiger partial charge in [-0.3, -0.25) is 4.90 Å². The van der Waals surface area contributed by atoms with Crippen molar-refractivity contribution in [2.75, 3.05) is 44.7 Å². The Kier molecular flexibility index (Phi) is 4.60. The summed E-state index contributed by atoms with van der Waals surface area (Å²) in [5.41, 5.74) is 7.78. The smallest absolute Gasteiger partial charge is 0.211 e. The maximum atomic E-state index is 11.5. The number of anilines is 1. The second-order valence-corrected chi connectivity index (χ2v) is 8.43. The van der Waals surface area contributed by atoms with Crippen molar-refractivity contribution in [3.63, 3.8) is 0 Å². The van der Waals surface area contributed by atoms with Crippen LogP contribution < -0.4 is 5.73 Å². The maximum absolute atomic E-state index is 11.5. The van der Waals surface area contributed by atoms with Crippen LogP contribution in [0.25, 0.3) is 0 Å². The van der Waals surface area contributed by atoms with Crippen LogP contribution in [0.4, 0.5) is 5.69 Å². The van der Waals surface area contributed by atoms with Crippen molar-refractivity contribution in [1.82, 2.24) is 9.21 Å². The summed E-state index contributed by atoms with van der Waals surface area (Å²) < 4.78 is 24.6. The summed E-state index contributed by atoms with van der Waals surface area (Å²) >= 11 is 0. The summed E-state index contributed by atoms with van der Waals surface area (Å²) in [6, 6.07) is 8.00. The number of nitrogen functional groups attached to an aromatic ring is 1. The first-order chi connectivity index (χ1) is 9.68. The van der Waals surface area contributed by atoms with E-state index in [2.05, 4.69) is 30.9 Å². The summed E-state index contributed by atoms with van der Waals surface area (Å²) in [7, 11) is -3.06. The third-order valence-electron chi connectivity index (χ3n) is 4.11. The number of piperazine rings is 1. The van der Waals surface area contributed by atoms with E-state index >= 15 is 0 Å². The lowest BCUT2D eigenvalue weighted by Crippen LogP contribution is -2.51. The summed E-state index contributed by atoms with van der Waals surface area (Å²) in [5.74, 6) is 0. The lowest BCUT2D eigenvalue weighted by Gasteiger charge is -2.38. The number of hydrogen-bond acceptors (Lipinski definition) is 4. The summed E-state index contributed by atoms with van der Waals surface area (Å²) in [6.07, 6.45) is 1.28. The highest BCUT2D eigenvalue weighted by molar-refractivity contribution is 7.88. The third-order valence-corrected chi connectivity index (χ3v) is 5.41. The van der Waals surface area contributed by atoms with Crippen LogP contribution >= 0.6 is 0 Å². The Morgan fingerprint density at radius 3 is 2.10 bits per heavy atom. The number of sulfonamides is 1. The molecule has 2 N–H and O–H groups in total.